The Hall–Kier alpha value is -1.15. The quantitative estimate of drug-likeness (QED) is 0.563. The monoisotopic (exact) mass is 134 g/mol. The molecule has 0 aromatic carbocycles. The molecule has 0 aromatic rings. The molecule has 0 bridgehead atoms. The van der Waals surface area contributed by atoms with E-state index in [1.54, 1.807) is 13.8 Å². The second kappa shape index (κ2) is 6.85. The minimum atomic E-state index is -0.741. The van der Waals surface area contributed by atoms with Gasteiger partial charge in [0.2, 0.25) is 0 Å². The first-order valence-electron chi connectivity index (χ1n) is 2.28. The smallest absolute Gasteiger partial charge is 0.373 e. The number of aliphatic carboxylic acids is 1. The Morgan fingerprint density at radius 2 is 1.67 bits per heavy atom. The van der Waals surface area contributed by atoms with Crippen LogP contribution in [-0.4, -0.2) is 17.2 Å². The molecule has 0 aliphatic heterocycles. The number of hydrogen-bond acceptors (Lipinski definition) is 3. The number of carbonyl (C=O) groups excluding carboxylic acids is 2. The fourth-order valence-corrected chi connectivity index (χ4v) is 0. The summed E-state index contributed by atoms with van der Waals surface area (Å²) in [4.78, 5) is 25.9. The maximum Gasteiger partial charge on any atom is 0.373 e. The molecule has 4 heteroatoms. The largest absolute Gasteiger partial charge is 0.481 e. The van der Waals surface area contributed by atoms with Crippen LogP contribution in [0.3, 0.4) is 0 Å². The van der Waals surface area contributed by atoms with Gasteiger partial charge in [0.05, 0.1) is 5.92 Å². The highest BCUT2D eigenvalue weighted by molar-refractivity contribution is 5.68. The van der Waals surface area contributed by atoms with Crippen LogP contribution in [0.5, 0.6) is 0 Å². The molecule has 54 valence electrons. The van der Waals surface area contributed by atoms with Gasteiger partial charge < -0.3 is 5.11 Å². The van der Waals surface area contributed by atoms with Gasteiger partial charge in [0.1, 0.15) is 0 Å². The Bertz CT molecular complexity index is 115. The van der Waals surface area contributed by atoms with E-state index in [0.717, 1.165) is 0 Å². The number of carboxylic acid groups (broad SMARTS) is 1. The highest BCUT2D eigenvalue weighted by atomic mass is 16.4. The number of carboxylic acids is 1. The molecule has 4 nitrogen and oxygen atoms in total. The molecule has 0 amide bonds. The molecule has 0 radical (unpaired) electrons. The molecule has 1 N–H and O–H groups in total. The van der Waals surface area contributed by atoms with Crippen molar-refractivity contribution in [2.75, 3.05) is 0 Å². The van der Waals surface area contributed by atoms with E-state index in [-0.39, 0.29) is 13.5 Å². The second-order valence-corrected chi connectivity index (χ2v) is 1.58. The zero-order valence-corrected chi connectivity index (χ0v) is 5.25. The molecule has 0 heterocycles. The van der Waals surface area contributed by atoms with E-state index in [1.165, 1.54) is 0 Å². The molecule has 0 aliphatic carbocycles. The van der Waals surface area contributed by atoms with Crippen molar-refractivity contribution in [3.63, 3.8) is 0 Å². The Kier molecular flexibility index (Phi) is 8.19. The summed E-state index contributed by atoms with van der Waals surface area (Å²) in [5, 5.41) is 7.99. The number of rotatable bonds is 1. The minimum absolute atomic E-state index is 0. The highest BCUT2D eigenvalue weighted by Crippen LogP contribution is 1.87. The van der Waals surface area contributed by atoms with Crippen LogP contribution in [0.2, 0.25) is 0 Å². The average molecular weight is 134 g/mol. The molecular weight excluding hydrogens is 124 g/mol. The lowest BCUT2D eigenvalue weighted by Crippen LogP contribution is -2.03. The Morgan fingerprint density at radius 3 is 1.67 bits per heavy atom. The first kappa shape index (κ1) is 10.8. The van der Waals surface area contributed by atoms with Gasteiger partial charge in [-0.05, 0) is 0 Å². The van der Waals surface area contributed by atoms with E-state index < -0.39 is 5.97 Å². The van der Waals surface area contributed by atoms with Gasteiger partial charge in [0.25, 0.3) is 0 Å². The van der Waals surface area contributed by atoms with Crippen molar-refractivity contribution in [2.24, 2.45) is 5.92 Å². The maximum absolute atomic E-state index is 9.70. The van der Waals surface area contributed by atoms with Gasteiger partial charge >= 0.3 is 12.1 Å². The van der Waals surface area contributed by atoms with Gasteiger partial charge in [-0.25, -0.2) is 0 Å². The molecule has 0 rings (SSSR count). The number of carbonyl (C=O) groups is 1. The van der Waals surface area contributed by atoms with Crippen LogP contribution in [-0.2, 0) is 14.4 Å². The van der Waals surface area contributed by atoms with Crippen LogP contribution in [0.25, 0.3) is 0 Å². The summed E-state index contributed by atoms with van der Waals surface area (Å²) in [7, 11) is 0. The third-order valence-corrected chi connectivity index (χ3v) is 0.494. The van der Waals surface area contributed by atoms with Crippen molar-refractivity contribution < 1.29 is 20.9 Å². The van der Waals surface area contributed by atoms with E-state index in [2.05, 4.69) is 0 Å². The Morgan fingerprint density at radius 1 is 1.56 bits per heavy atom. The zero-order chi connectivity index (χ0) is 7.86. The van der Waals surface area contributed by atoms with Gasteiger partial charge in [-0.3, -0.25) is 4.79 Å². The summed E-state index contributed by atoms with van der Waals surface area (Å²) in [6.45, 7) is 3.28. The fourth-order valence-electron chi connectivity index (χ4n) is 0. The highest BCUT2D eigenvalue weighted by Gasteiger charge is 1.99. The van der Waals surface area contributed by atoms with Gasteiger partial charge in [-0.2, -0.15) is 9.59 Å². The van der Waals surface area contributed by atoms with Crippen molar-refractivity contribution in [2.45, 2.75) is 13.8 Å². The summed E-state index contributed by atoms with van der Waals surface area (Å²) in [6, 6.07) is 0. The second-order valence-electron chi connectivity index (χ2n) is 1.58. The summed E-state index contributed by atoms with van der Waals surface area (Å²) in [6.07, 6.45) is 0.250. The SMILES string of the molecule is CC(C)C(=O)O.O=C=O.[HH]. The standard InChI is InChI=1S/C4H8O2.CO2.H2/c1-3(2)4(5)6;2-1-3;/h3H,1-2H3,(H,5,6);;1H. The molecule has 0 aliphatic rings. The van der Waals surface area contributed by atoms with Crippen LogP contribution in [0, 0.1) is 5.92 Å². The van der Waals surface area contributed by atoms with Crippen LogP contribution < -0.4 is 0 Å². The lowest BCUT2D eigenvalue weighted by atomic mass is 10.2. The summed E-state index contributed by atoms with van der Waals surface area (Å²) in [5.74, 6) is -0.972. The molecule has 9 heavy (non-hydrogen) atoms. The van der Waals surface area contributed by atoms with Crippen molar-refractivity contribution in [3.05, 3.63) is 0 Å². The molecule has 0 aromatic heterocycles. The van der Waals surface area contributed by atoms with Gasteiger partial charge in [0, 0.05) is 1.43 Å². The van der Waals surface area contributed by atoms with E-state index in [1.807, 2.05) is 0 Å². The molecule has 0 spiro atoms. The van der Waals surface area contributed by atoms with Gasteiger partial charge in [-0.1, -0.05) is 13.8 Å². The predicted octanol–water partition coefficient (Wildman–Crippen LogP) is 0.389. The van der Waals surface area contributed by atoms with E-state index >= 15 is 0 Å². The maximum atomic E-state index is 9.70. The van der Waals surface area contributed by atoms with Crippen LogP contribution in [0.4, 0.5) is 0 Å². The molecular formula is C5H10O4. The zero-order valence-electron chi connectivity index (χ0n) is 5.25. The van der Waals surface area contributed by atoms with Gasteiger partial charge in [-0.15, -0.1) is 0 Å². The minimum Gasteiger partial charge on any atom is -0.481 e. The normalized spacial score (nSPS) is 7.00. The van der Waals surface area contributed by atoms with Gasteiger partial charge in [0.15, 0.2) is 0 Å². The third-order valence-electron chi connectivity index (χ3n) is 0.494. The topological polar surface area (TPSA) is 71.4 Å². The average Bonchev–Trinajstić information content (AvgIpc) is 1.68. The van der Waals surface area contributed by atoms with Crippen LogP contribution in [0.15, 0.2) is 0 Å². The van der Waals surface area contributed by atoms with Crippen molar-refractivity contribution >= 4 is 12.1 Å². The molecule has 0 atom stereocenters. The van der Waals surface area contributed by atoms with Crippen molar-refractivity contribution in [1.29, 1.82) is 0 Å². The lowest BCUT2D eigenvalue weighted by molar-refractivity contribution is -0.191. The van der Waals surface area contributed by atoms with Crippen LogP contribution in [0.1, 0.15) is 15.3 Å². The summed E-state index contributed by atoms with van der Waals surface area (Å²) >= 11 is 0. The third kappa shape index (κ3) is 19.8. The van der Waals surface area contributed by atoms with Crippen molar-refractivity contribution in [1.82, 2.24) is 0 Å². The van der Waals surface area contributed by atoms with E-state index in [0.29, 0.717) is 0 Å². The lowest BCUT2D eigenvalue weighted by Gasteiger charge is -1.89. The van der Waals surface area contributed by atoms with Crippen LogP contribution >= 0.6 is 0 Å². The van der Waals surface area contributed by atoms with E-state index in [9.17, 15) is 4.79 Å². The number of hydrogen-bond donors (Lipinski definition) is 1. The Balaban J connectivity index is -0.000000107. The molecule has 0 saturated heterocycles. The molecule has 0 unspecified atom stereocenters. The predicted molar refractivity (Wildman–Crippen MR) is 29.6 cm³/mol. The van der Waals surface area contributed by atoms with E-state index in [4.69, 9.17) is 14.7 Å². The molecule has 0 fully saturated rings. The first-order valence-corrected chi connectivity index (χ1v) is 2.28. The van der Waals surface area contributed by atoms with Crippen molar-refractivity contribution in [3.8, 4) is 0 Å². The summed E-state index contributed by atoms with van der Waals surface area (Å²) < 4.78 is 0. The fraction of sp³-hybridized carbons (Fsp3) is 0.600. The Labute approximate surface area is 54.0 Å². The first-order chi connectivity index (χ1) is 4.06. The summed E-state index contributed by atoms with van der Waals surface area (Å²) in [5.41, 5.74) is 0. The molecule has 0 saturated carbocycles.